The Labute approximate surface area is 73.2 Å². The highest BCUT2D eigenvalue weighted by atomic mass is 19.1. The summed E-state index contributed by atoms with van der Waals surface area (Å²) in [6.45, 7) is -0.166. The Morgan fingerprint density at radius 2 is 2.08 bits per heavy atom. The van der Waals surface area contributed by atoms with E-state index in [1.54, 1.807) is 11.5 Å². The highest BCUT2D eigenvalue weighted by Gasteiger charge is 2.08. The Bertz CT molecular complexity index is 360. The first-order chi connectivity index (χ1) is 6.19. The molecule has 0 heterocycles. The number of hydrogen-bond donors (Lipinski definition) is 2. The summed E-state index contributed by atoms with van der Waals surface area (Å²) in [5, 5.41) is 16.7. The SMILES string of the molecule is N#Cc1cc(CNO)c(F)cc1F. The van der Waals surface area contributed by atoms with Crippen LogP contribution in [0.15, 0.2) is 12.1 Å². The minimum Gasteiger partial charge on any atom is -0.316 e. The zero-order valence-electron chi connectivity index (χ0n) is 6.51. The number of rotatable bonds is 2. The third-order valence-corrected chi connectivity index (χ3v) is 1.53. The van der Waals surface area contributed by atoms with Crippen molar-refractivity contribution in [2.75, 3.05) is 0 Å². The quantitative estimate of drug-likeness (QED) is 0.681. The highest BCUT2D eigenvalue weighted by molar-refractivity contribution is 5.35. The van der Waals surface area contributed by atoms with Crippen molar-refractivity contribution >= 4 is 0 Å². The minimum atomic E-state index is -0.901. The molecule has 68 valence electrons. The van der Waals surface area contributed by atoms with Crippen LogP contribution in [0, 0.1) is 23.0 Å². The first-order valence-electron chi connectivity index (χ1n) is 3.44. The van der Waals surface area contributed by atoms with E-state index in [1.807, 2.05) is 0 Å². The van der Waals surface area contributed by atoms with Gasteiger partial charge in [0.25, 0.3) is 0 Å². The lowest BCUT2D eigenvalue weighted by Crippen LogP contribution is -2.08. The van der Waals surface area contributed by atoms with Gasteiger partial charge in [-0.15, -0.1) is 0 Å². The van der Waals surface area contributed by atoms with E-state index in [1.165, 1.54) is 0 Å². The summed E-state index contributed by atoms with van der Waals surface area (Å²) < 4.78 is 25.6. The maximum atomic E-state index is 12.9. The predicted molar refractivity (Wildman–Crippen MR) is 39.7 cm³/mol. The molecular formula is C8H6F2N2O. The van der Waals surface area contributed by atoms with Crippen LogP contribution in [0.5, 0.6) is 0 Å². The summed E-state index contributed by atoms with van der Waals surface area (Å²) in [4.78, 5) is 0. The molecule has 0 bridgehead atoms. The summed E-state index contributed by atoms with van der Waals surface area (Å²) in [6.07, 6.45) is 0. The van der Waals surface area contributed by atoms with E-state index in [9.17, 15) is 8.78 Å². The van der Waals surface area contributed by atoms with Gasteiger partial charge in [-0.05, 0) is 6.07 Å². The molecule has 0 amide bonds. The van der Waals surface area contributed by atoms with E-state index >= 15 is 0 Å². The molecule has 0 aliphatic rings. The zero-order chi connectivity index (χ0) is 9.84. The smallest absolute Gasteiger partial charge is 0.143 e. The molecule has 0 saturated carbocycles. The van der Waals surface area contributed by atoms with Gasteiger partial charge in [0.05, 0.1) is 5.56 Å². The molecule has 2 N–H and O–H groups in total. The number of nitrogens with one attached hydrogen (secondary N) is 1. The summed E-state index contributed by atoms with van der Waals surface area (Å²) in [5.41, 5.74) is 1.52. The second-order valence-corrected chi connectivity index (χ2v) is 2.37. The summed E-state index contributed by atoms with van der Waals surface area (Å²) in [7, 11) is 0. The molecule has 0 radical (unpaired) electrons. The van der Waals surface area contributed by atoms with Crippen LogP contribution in [0.4, 0.5) is 8.78 Å². The lowest BCUT2D eigenvalue weighted by molar-refractivity contribution is 0.160. The minimum absolute atomic E-state index is 0.0421. The molecule has 0 aliphatic heterocycles. The van der Waals surface area contributed by atoms with Gasteiger partial charge in [-0.3, -0.25) is 0 Å². The fraction of sp³-hybridized carbons (Fsp3) is 0.125. The average Bonchev–Trinajstić information content (AvgIpc) is 2.10. The third-order valence-electron chi connectivity index (χ3n) is 1.53. The molecule has 5 heteroatoms. The molecule has 0 saturated heterocycles. The maximum Gasteiger partial charge on any atom is 0.143 e. The molecule has 0 unspecified atom stereocenters. The van der Waals surface area contributed by atoms with Crippen LogP contribution >= 0.6 is 0 Å². The van der Waals surface area contributed by atoms with Crippen LogP contribution in [-0.2, 0) is 6.54 Å². The topological polar surface area (TPSA) is 56.0 Å². The Hall–Kier alpha value is -1.51. The molecule has 3 nitrogen and oxygen atoms in total. The molecule has 1 aromatic carbocycles. The molecule has 0 atom stereocenters. The number of halogens is 2. The van der Waals surface area contributed by atoms with Gasteiger partial charge < -0.3 is 5.21 Å². The first kappa shape index (κ1) is 9.58. The number of hydrogen-bond acceptors (Lipinski definition) is 3. The number of nitriles is 1. The van der Waals surface area contributed by atoms with Crippen molar-refractivity contribution in [2.24, 2.45) is 0 Å². The molecule has 0 fully saturated rings. The Kier molecular flexibility index (Phi) is 2.90. The van der Waals surface area contributed by atoms with Gasteiger partial charge >= 0.3 is 0 Å². The van der Waals surface area contributed by atoms with Crippen LogP contribution in [0.1, 0.15) is 11.1 Å². The van der Waals surface area contributed by atoms with Crippen LogP contribution in [0.3, 0.4) is 0 Å². The van der Waals surface area contributed by atoms with E-state index in [-0.39, 0.29) is 17.7 Å². The van der Waals surface area contributed by atoms with E-state index in [4.69, 9.17) is 10.5 Å². The summed E-state index contributed by atoms with van der Waals surface area (Å²) >= 11 is 0. The van der Waals surface area contributed by atoms with Gasteiger partial charge in [0.1, 0.15) is 17.7 Å². The summed E-state index contributed by atoms with van der Waals surface area (Å²) in [5.74, 6) is -1.69. The Balaban J connectivity index is 3.16. The van der Waals surface area contributed by atoms with E-state index in [0.29, 0.717) is 6.07 Å². The number of hydroxylamine groups is 1. The molecule has 0 aromatic heterocycles. The van der Waals surface area contributed by atoms with Gasteiger partial charge in [-0.1, -0.05) is 0 Å². The second-order valence-electron chi connectivity index (χ2n) is 2.37. The van der Waals surface area contributed by atoms with Crippen LogP contribution in [0.25, 0.3) is 0 Å². The molecule has 13 heavy (non-hydrogen) atoms. The number of benzene rings is 1. The normalized spacial score (nSPS) is 9.69. The average molecular weight is 184 g/mol. The van der Waals surface area contributed by atoms with Gasteiger partial charge in [-0.2, -0.15) is 5.26 Å². The summed E-state index contributed by atoms with van der Waals surface area (Å²) in [6, 6.07) is 3.24. The van der Waals surface area contributed by atoms with Crippen molar-refractivity contribution in [3.8, 4) is 6.07 Å². The van der Waals surface area contributed by atoms with Gasteiger partial charge in [0.15, 0.2) is 0 Å². The van der Waals surface area contributed by atoms with Gasteiger partial charge in [0.2, 0.25) is 0 Å². The van der Waals surface area contributed by atoms with E-state index in [2.05, 4.69) is 0 Å². The van der Waals surface area contributed by atoms with E-state index in [0.717, 1.165) is 6.07 Å². The molecular weight excluding hydrogens is 178 g/mol. The fourth-order valence-corrected chi connectivity index (χ4v) is 0.900. The van der Waals surface area contributed by atoms with Crippen LogP contribution in [0.2, 0.25) is 0 Å². The third kappa shape index (κ3) is 1.99. The lowest BCUT2D eigenvalue weighted by atomic mass is 10.1. The molecule has 0 aliphatic carbocycles. The Morgan fingerprint density at radius 1 is 1.38 bits per heavy atom. The van der Waals surface area contributed by atoms with Crippen LogP contribution < -0.4 is 5.48 Å². The molecule has 1 aromatic rings. The van der Waals surface area contributed by atoms with Gasteiger partial charge in [-0.25, -0.2) is 14.3 Å². The second kappa shape index (κ2) is 3.94. The lowest BCUT2D eigenvalue weighted by Gasteiger charge is -2.02. The first-order valence-corrected chi connectivity index (χ1v) is 3.44. The van der Waals surface area contributed by atoms with Crippen molar-refractivity contribution in [3.05, 3.63) is 34.9 Å². The largest absolute Gasteiger partial charge is 0.316 e. The van der Waals surface area contributed by atoms with E-state index < -0.39 is 11.6 Å². The van der Waals surface area contributed by atoms with Crippen molar-refractivity contribution in [1.29, 1.82) is 5.26 Å². The standard InChI is InChI=1S/C8H6F2N2O/c9-7-2-8(10)6(4-12-13)1-5(7)3-11/h1-2,12-13H,4H2. The Morgan fingerprint density at radius 3 is 2.62 bits per heavy atom. The van der Waals surface area contributed by atoms with Crippen molar-refractivity contribution < 1.29 is 14.0 Å². The van der Waals surface area contributed by atoms with Crippen LogP contribution in [-0.4, -0.2) is 5.21 Å². The maximum absolute atomic E-state index is 12.9. The zero-order valence-corrected chi connectivity index (χ0v) is 6.51. The number of nitrogens with zero attached hydrogens (tertiary/aromatic N) is 1. The monoisotopic (exact) mass is 184 g/mol. The van der Waals surface area contributed by atoms with Gasteiger partial charge in [0, 0.05) is 18.2 Å². The molecule has 0 spiro atoms. The fourth-order valence-electron chi connectivity index (χ4n) is 0.900. The molecule has 1 rings (SSSR count). The van der Waals surface area contributed by atoms with Crippen molar-refractivity contribution in [3.63, 3.8) is 0 Å². The highest BCUT2D eigenvalue weighted by Crippen LogP contribution is 2.13. The van der Waals surface area contributed by atoms with Crippen molar-refractivity contribution in [1.82, 2.24) is 5.48 Å². The predicted octanol–water partition coefficient (Wildman–Crippen LogP) is 1.32. The van der Waals surface area contributed by atoms with Crippen molar-refractivity contribution in [2.45, 2.75) is 6.54 Å².